The molecule has 5 nitrogen and oxygen atoms in total. The average molecular weight is 318 g/mol. The molecule has 0 aliphatic carbocycles. The summed E-state index contributed by atoms with van der Waals surface area (Å²) in [6, 6.07) is 24.2. The average Bonchev–Trinajstić information content (AvgIpc) is 2.64. The number of nitro benzene ring substituents is 1. The van der Waals surface area contributed by atoms with Crippen LogP contribution < -0.4 is 4.90 Å². The lowest BCUT2D eigenvalue weighted by molar-refractivity contribution is -0.384. The Bertz CT molecular complexity index is 807. The SMILES string of the molecule is O=C(c1ccc([N+](=O)[O-])cc1)N(c1ccccc1)c1ccccc1. The van der Waals surface area contributed by atoms with Crippen LogP contribution in [0, 0.1) is 10.1 Å². The molecule has 24 heavy (non-hydrogen) atoms. The molecule has 3 aromatic carbocycles. The zero-order valence-corrected chi connectivity index (χ0v) is 12.7. The van der Waals surface area contributed by atoms with Crippen LogP contribution in [0.3, 0.4) is 0 Å². The molecule has 0 radical (unpaired) electrons. The summed E-state index contributed by atoms with van der Waals surface area (Å²) in [5.74, 6) is -0.248. The van der Waals surface area contributed by atoms with Crippen molar-refractivity contribution in [3.63, 3.8) is 0 Å². The highest BCUT2D eigenvalue weighted by Gasteiger charge is 2.20. The number of amides is 1. The maximum atomic E-state index is 13.0. The van der Waals surface area contributed by atoms with Gasteiger partial charge in [0, 0.05) is 29.1 Å². The van der Waals surface area contributed by atoms with E-state index in [1.54, 1.807) is 4.90 Å². The van der Waals surface area contributed by atoms with Crippen LogP contribution in [0.5, 0.6) is 0 Å². The molecular weight excluding hydrogens is 304 g/mol. The fraction of sp³-hybridized carbons (Fsp3) is 0. The van der Waals surface area contributed by atoms with E-state index in [0.29, 0.717) is 5.56 Å². The number of hydrogen-bond acceptors (Lipinski definition) is 3. The highest BCUT2D eigenvalue weighted by atomic mass is 16.6. The fourth-order valence-corrected chi connectivity index (χ4v) is 2.39. The predicted molar refractivity (Wildman–Crippen MR) is 92.4 cm³/mol. The molecule has 0 atom stereocenters. The summed E-state index contributed by atoms with van der Waals surface area (Å²) in [6.07, 6.45) is 0. The zero-order valence-electron chi connectivity index (χ0n) is 12.7. The number of benzene rings is 3. The molecule has 0 saturated carbocycles. The lowest BCUT2D eigenvalue weighted by atomic mass is 10.1. The van der Waals surface area contributed by atoms with Crippen LogP contribution in [0.15, 0.2) is 84.9 Å². The third-order valence-electron chi connectivity index (χ3n) is 3.56. The van der Waals surface area contributed by atoms with E-state index in [9.17, 15) is 14.9 Å². The van der Waals surface area contributed by atoms with Crippen LogP contribution in [0.2, 0.25) is 0 Å². The minimum Gasteiger partial charge on any atom is -0.277 e. The Morgan fingerprint density at radius 2 is 1.21 bits per heavy atom. The Labute approximate surface area is 138 Å². The Hall–Kier alpha value is -3.47. The third kappa shape index (κ3) is 3.15. The van der Waals surface area contributed by atoms with Crippen LogP contribution in [0.1, 0.15) is 10.4 Å². The van der Waals surface area contributed by atoms with Crippen LogP contribution in [-0.4, -0.2) is 10.8 Å². The molecule has 0 bridgehead atoms. The second-order valence-corrected chi connectivity index (χ2v) is 5.12. The first-order valence-electron chi connectivity index (χ1n) is 7.36. The summed E-state index contributed by atoms with van der Waals surface area (Å²) in [5, 5.41) is 10.8. The first-order valence-corrected chi connectivity index (χ1v) is 7.36. The van der Waals surface area contributed by atoms with Gasteiger partial charge in [-0.25, -0.2) is 0 Å². The summed E-state index contributed by atoms with van der Waals surface area (Å²) >= 11 is 0. The second-order valence-electron chi connectivity index (χ2n) is 5.12. The molecule has 0 fully saturated rings. The lowest BCUT2D eigenvalue weighted by Gasteiger charge is -2.23. The summed E-state index contributed by atoms with van der Waals surface area (Å²) in [4.78, 5) is 24.9. The third-order valence-corrected chi connectivity index (χ3v) is 3.56. The standard InChI is InChI=1S/C19H14N2O3/c22-19(15-11-13-18(14-12-15)21(23)24)20(16-7-3-1-4-8-16)17-9-5-2-6-10-17/h1-14H. The number of non-ortho nitro benzene ring substituents is 1. The van der Waals surface area contributed by atoms with Crippen molar-refractivity contribution in [3.8, 4) is 0 Å². The topological polar surface area (TPSA) is 63.4 Å². The smallest absolute Gasteiger partial charge is 0.269 e. The quantitative estimate of drug-likeness (QED) is 0.523. The molecule has 0 unspecified atom stereocenters. The number of nitrogens with zero attached hydrogens (tertiary/aromatic N) is 2. The number of hydrogen-bond donors (Lipinski definition) is 0. The van der Waals surface area contributed by atoms with E-state index in [0.717, 1.165) is 11.4 Å². The summed E-state index contributed by atoms with van der Waals surface area (Å²) < 4.78 is 0. The molecule has 0 saturated heterocycles. The summed E-state index contributed by atoms with van der Waals surface area (Å²) in [5.41, 5.74) is 1.80. The van der Waals surface area contributed by atoms with Crippen molar-refractivity contribution in [1.29, 1.82) is 0 Å². The first kappa shape index (κ1) is 15.4. The van der Waals surface area contributed by atoms with E-state index in [1.165, 1.54) is 24.3 Å². The summed E-state index contributed by atoms with van der Waals surface area (Å²) in [7, 11) is 0. The van der Waals surface area contributed by atoms with Crippen LogP contribution in [-0.2, 0) is 0 Å². The molecule has 3 rings (SSSR count). The van der Waals surface area contributed by atoms with E-state index in [-0.39, 0.29) is 11.6 Å². The van der Waals surface area contributed by atoms with E-state index in [4.69, 9.17) is 0 Å². The van der Waals surface area contributed by atoms with E-state index < -0.39 is 4.92 Å². The molecule has 0 aliphatic rings. The van der Waals surface area contributed by atoms with Gasteiger partial charge in [-0.3, -0.25) is 19.8 Å². The number of carbonyl (C=O) groups excluding carboxylic acids is 1. The van der Waals surface area contributed by atoms with Gasteiger partial charge in [-0.1, -0.05) is 36.4 Å². The van der Waals surface area contributed by atoms with Gasteiger partial charge >= 0.3 is 0 Å². The molecule has 0 spiro atoms. The number of rotatable bonds is 4. The Kier molecular flexibility index (Phi) is 4.34. The maximum Gasteiger partial charge on any atom is 0.269 e. The van der Waals surface area contributed by atoms with Gasteiger partial charge in [-0.05, 0) is 36.4 Å². The second kappa shape index (κ2) is 6.75. The number of para-hydroxylation sites is 2. The fourth-order valence-electron chi connectivity index (χ4n) is 2.39. The number of carbonyl (C=O) groups is 1. The minimum absolute atomic E-state index is 0.0440. The normalized spacial score (nSPS) is 10.2. The molecule has 0 heterocycles. The van der Waals surface area contributed by atoms with E-state index in [1.807, 2.05) is 60.7 Å². The molecule has 0 aliphatic heterocycles. The van der Waals surface area contributed by atoms with Crippen molar-refractivity contribution < 1.29 is 9.72 Å². The van der Waals surface area contributed by atoms with Crippen LogP contribution >= 0.6 is 0 Å². The van der Waals surface area contributed by atoms with Gasteiger partial charge in [-0.15, -0.1) is 0 Å². The first-order chi connectivity index (χ1) is 11.7. The van der Waals surface area contributed by atoms with Gasteiger partial charge in [0.25, 0.3) is 11.6 Å². The highest BCUT2D eigenvalue weighted by Crippen LogP contribution is 2.27. The lowest BCUT2D eigenvalue weighted by Crippen LogP contribution is -2.25. The van der Waals surface area contributed by atoms with Gasteiger partial charge < -0.3 is 0 Å². The molecule has 3 aromatic rings. The predicted octanol–water partition coefficient (Wildman–Crippen LogP) is 4.57. The molecule has 118 valence electrons. The molecule has 0 N–H and O–H groups in total. The van der Waals surface area contributed by atoms with Gasteiger partial charge in [0.05, 0.1) is 4.92 Å². The minimum atomic E-state index is -0.486. The van der Waals surface area contributed by atoms with Crippen molar-refractivity contribution in [3.05, 3.63) is 101 Å². The van der Waals surface area contributed by atoms with Gasteiger partial charge in [0.15, 0.2) is 0 Å². The Morgan fingerprint density at radius 1 is 0.750 bits per heavy atom. The zero-order chi connectivity index (χ0) is 16.9. The molecular formula is C19H14N2O3. The maximum absolute atomic E-state index is 13.0. The van der Waals surface area contributed by atoms with Gasteiger partial charge in [-0.2, -0.15) is 0 Å². The van der Waals surface area contributed by atoms with Crippen molar-refractivity contribution in [2.75, 3.05) is 4.90 Å². The van der Waals surface area contributed by atoms with Crippen molar-refractivity contribution in [2.45, 2.75) is 0 Å². The van der Waals surface area contributed by atoms with Gasteiger partial charge in [0.1, 0.15) is 0 Å². The summed E-state index contributed by atoms with van der Waals surface area (Å²) in [6.45, 7) is 0. The van der Waals surface area contributed by atoms with E-state index in [2.05, 4.69) is 0 Å². The highest BCUT2D eigenvalue weighted by molar-refractivity contribution is 6.10. The van der Waals surface area contributed by atoms with Gasteiger partial charge in [0.2, 0.25) is 0 Å². The Balaban J connectivity index is 2.02. The largest absolute Gasteiger partial charge is 0.277 e. The van der Waals surface area contributed by atoms with Crippen molar-refractivity contribution in [2.24, 2.45) is 0 Å². The van der Waals surface area contributed by atoms with Crippen molar-refractivity contribution >= 4 is 23.0 Å². The number of nitro groups is 1. The Morgan fingerprint density at radius 3 is 1.62 bits per heavy atom. The van der Waals surface area contributed by atoms with E-state index >= 15 is 0 Å². The molecule has 5 heteroatoms. The molecule has 0 aromatic heterocycles. The monoisotopic (exact) mass is 318 g/mol. The molecule has 1 amide bonds. The number of anilines is 2. The van der Waals surface area contributed by atoms with Crippen molar-refractivity contribution in [1.82, 2.24) is 0 Å². The van der Waals surface area contributed by atoms with Crippen LogP contribution in [0.25, 0.3) is 0 Å². The van der Waals surface area contributed by atoms with Crippen LogP contribution in [0.4, 0.5) is 17.1 Å².